The number of aliphatic imine (C=N–C) groups is 1. The predicted molar refractivity (Wildman–Crippen MR) is 72.9 cm³/mol. The number of rotatable bonds is 2. The second-order valence-corrected chi connectivity index (χ2v) is 3.88. The molecule has 0 N–H and O–H groups in total. The number of hydrogen-bond acceptors (Lipinski definition) is 1. The molecule has 1 nitrogen and oxygen atoms in total. The highest BCUT2D eigenvalue weighted by Crippen LogP contribution is 2.17. The monoisotopic (exact) mass is 239 g/mol. The first-order valence-electron chi connectivity index (χ1n) is 5.16. The summed E-state index contributed by atoms with van der Waals surface area (Å²) in [5.74, 6) is 2.60. The van der Waals surface area contributed by atoms with Crippen LogP contribution >= 0.6 is 11.6 Å². The Kier molecular flexibility index (Phi) is 3.59. The van der Waals surface area contributed by atoms with Crippen molar-refractivity contribution in [1.82, 2.24) is 0 Å². The Hall–Kier alpha value is -2.04. The van der Waals surface area contributed by atoms with Crippen molar-refractivity contribution in [3.05, 3.63) is 65.2 Å². The van der Waals surface area contributed by atoms with E-state index in [0.717, 1.165) is 11.3 Å². The van der Waals surface area contributed by atoms with E-state index in [-0.39, 0.29) is 0 Å². The summed E-state index contributed by atoms with van der Waals surface area (Å²) in [7, 11) is 0. The SMILES string of the molecule is C#CC(=Nc1ccc(Cl)cc1)c1ccccc1. The van der Waals surface area contributed by atoms with Gasteiger partial charge in [-0.15, -0.1) is 6.42 Å². The van der Waals surface area contributed by atoms with Crippen LogP contribution in [0.25, 0.3) is 0 Å². The molecule has 0 aliphatic rings. The summed E-state index contributed by atoms with van der Waals surface area (Å²) in [6.07, 6.45) is 5.48. The van der Waals surface area contributed by atoms with E-state index >= 15 is 0 Å². The zero-order chi connectivity index (χ0) is 12.1. The molecule has 2 rings (SSSR count). The summed E-state index contributed by atoms with van der Waals surface area (Å²) >= 11 is 5.81. The van der Waals surface area contributed by atoms with E-state index in [1.165, 1.54) is 0 Å². The molecule has 0 radical (unpaired) electrons. The van der Waals surface area contributed by atoms with E-state index in [1.54, 1.807) is 12.1 Å². The Balaban J connectivity index is 2.37. The molecular weight excluding hydrogens is 230 g/mol. The lowest BCUT2D eigenvalue weighted by atomic mass is 10.1. The van der Waals surface area contributed by atoms with E-state index in [0.29, 0.717) is 10.7 Å². The van der Waals surface area contributed by atoms with Crippen molar-refractivity contribution in [2.75, 3.05) is 0 Å². The number of halogens is 1. The van der Waals surface area contributed by atoms with Crippen LogP contribution in [0, 0.1) is 12.3 Å². The maximum absolute atomic E-state index is 5.81. The molecule has 0 spiro atoms. The minimum absolute atomic E-state index is 0.618. The lowest BCUT2D eigenvalue weighted by Gasteiger charge is -2.00. The summed E-state index contributed by atoms with van der Waals surface area (Å²) in [4.78, 5) is 4.41. The van der Waals surface area contributed by atoms with E-state index in [2.05, 4.69) is 10.9 Å². The third kappa shape index (κ3) is 2.96. The first kappa shape index (κ1) is 11.4. The molecule has 0 saturated carbocycles. The topological polar surface area (TPSA) is 12.4 Å². The Labute approximate surface area is 106 Å². The highest BCUT2D eigenvalue weighted by molar-refractivity contribution is 6.30. The smallest absolute Gasteiger partial charge is 0.120 e. The summed E-state index contributed by atoms with van der Waals surface area (Å²) in [5.41, 5.74) is 2.35. The van der Waals surface area contributed by atoms with Gasteiger partial charge in [0.05, 0.1) is 5.69 Å². The molecule has 0 amide bonds. The molecule has 2 aromatic carbocycles. The number of hydrogen-bond donors (Lipinski definition) is 0. The first-order chi connectivity index (χ1) is 8.29. The molecular formula is C15H10ClN. The zero-order valence-corrected chi connectivity index (χ0v) is 9.85. The molecule has 0 fully saturated rings. The van der Waals surface area contributed by atoms with Crippen LogP contribution in [-0.4, -0.2) is 5.71 Å². The van der Waals surface area contributed by atoms with Crippen LogP contribution in [0.2, 0.25) is 5.02 Å². The van der Waals surface area contributed by atoms with Gasteiger partial charge >= 0.3 is 0 Å². The fraction of sp³-hybridized carbons (Fsp3) is 0. The highest BCUT2D eigenvalue weighted by atomic mass is 35.5. The van der Waals surface area contributed by atoms with Gasteiger partial charge in [0.1, 0.15) is 5.71 Å². The average Bonchev–Trinajstić information content (AvgIpc) is 2.39. The molecule has 0 aromatic heterocycles. The van der Waals surface area contributed by atoms with E-state index in [1.807, 2.05) is 42.5 Å². The van der Waals surface area contributed by atoms with Crippen LogP contribution in [0.5, 0.6) is 0 Å². The molecule has 2 aromatic rings. The Morgan fingerprint density at radius 3 is 2.24 bits per heavy atom. The molecule has 0 aliphatic carbocycles. The molecule has 0 bridgehead atoms. The zero-order valence-electron chi connectivity index (χ0n) is 9.10. The minimum Gasteiger partial charge on any atom is -0.239 e. The third-order valence-corrected chi connectivity index (χ3v) is 2.50. The van der Waals surface area contributed by atoms with Gasteiger partial charge in [-0.05, 0) is 30.2 Å². The van der Waals surface area contributed by atoms with E-state index < -0.39 is 0 Å². The molecule has 0 heterocycles. The fourth-order valence-electron chi connectivity index (χ4n) is 1.42. The first-order valence-corrected chi connectivity index (χ1v) is 5.53. The Morgan fingerprint density at radius 2 is 1.65 bits per heavy atom. The van der Waals surface area contributed by atoms with E-state index in [4.69, 9.17) is 18.0 Å². The van der Waals surface area contributed by atoms with Crippen LogP contribution in [-0.2, 0) is 0 Å². The standard InChI is InChI=1S/C15H10ClN/c1-2-15(12-6-4-3-5-7-12)17-14-10-8-13(16)9-11-14/h1,3-11H. The Bertz CT molecular complexity index is 562. The van der Waals surface area contributed by atoms with Crippen molar-refractivity contribution in [3.8, 4) is 12.3 Å². The van der Waals surface area contributed by atoms with Crippen molar-refractivity contribution in [2.45, 2.75) is 0 Å². The van der Waals surface area contributed by atoms with Crippen LogP contribution in [0.4, 0.5) is 5.69 Å². The van der Waals surface area contributed by atoms with Crippen LogP contribution in [0.1, 0.15) is 5.56 Å². The number of terminal acetylenes is 1. The van der Waals surface area contributed by atoms with Gasteiger partial charge in [0, 0.05) is 10.6 Å². The molecule has 82 valence electrons. The van der Waals surface area contributed by atoms with Gasteiger partial charge in [0.25, 0.3) is 0 Å². The molecule has 0 aliphatic heterocycles. The highest BCUT2D eigenvalue weighted by Gasteiger charge is 1.99. The summed E-state index contributed by atoms with van der Waals surface area (Å²) in [6, 6.07) is 16.9. The quantitative estimate of drug-likeness (QED) is 0.553. The van der Waals surface area contributed by atoms with Crippen LogP contribution < -0.4 is 0 Å². The normalized spacial score (nSPS) is 10.9. The maximum Gasteiger partial charge on any atom is 0.120 e. The van der Waals surface area contributed by atoms with Gasteiger partial charge in [0.15, 0.2) is 0 Å². The van der Waals surface area contributed by atoms with Crippen molar-refractivity contribution >= 4 is 23.0 Å². The van der Waals surface area contributed by atoms with Gasteiger partial charge in [0.2, 0.25) is 0 Å². The predicted octanol–water partition coefficient (Wildman–Crippen LogP) is 4.09. The third-order valence-electron chi connectivity index (χ3n) is 2.25. The van der Waals surface area contributed by atoms with Crippen molar-refractivity contribution in [3.63, 3.8) is 0 Å². The van der Waals surface area contributed by atoms with E-state index in [9.17, 15) is 0 Å². The second kappa shape index (κ2) is 5.34. The van der Waals surface area contributed by atoms with Crippen LogP contribution in [0.3, 0.4) is 0 Å². The van der Waals surface area contributed by atoms with Gasteiger partial charge < -0.3 is 0 Å². The van der Waals surface area contributed by atoms with Gasteiger partial charge in [-0.3, -0.25) is 0 Å². The molecule has 0 saturated heterocycles. The largest absolute Gasteiger partial charge is 0.239 e. The lowest BCUT2D eigenvalue weighted by Crippen LogP contribution is -1.95. The van der Waals surface area contributed by atoms with Gasteiger partial charge in [-0.2, -0.15) is 0 Å². The number of nitrogens with zero attached hydrogens (tertiary/aromatic N) is 1. The summed E-state index contributed by atoms with van der Waals surface area (Å²) < 4.78 is 0. The molecule has 2 heteroatoms. The minimum atomic E-state index is 0.618. The van der Waals surface area contributed by atoms with Gasteiger partial charge in [-0.25, -0.2) is 4.99 Å². The van der Waals surface area contributed by atoms with Crippen LogP contribution in [0.15, 0.2) is 59.6 Å². The van der Waals surface area contributed by atoms with Crippen molar-refractivity contribution < 1.29 is 0 Å². The fourth-order valence-corrected chi connectivity index (χ4v) is 1.55. The molecule has 0 atom stereocenters. The van der Waals surface area contributed by atoms with Crippen molar-refractivity contribution in [2.24, 2.45) is 4.99 Å². The lowest BCUT2D eigenvalue weighted by molar-refractivity contribution is 1.51. The maximum atomic E-state index is 5.81. The summed E-state index contributed by atoms with van der Waals surface area (Å²) in [6.45, 7) is 0. The average molecular weight is 240 g/mol. The number of benzene rings is 2. The molecule has 17 heavy (non-hydrogen) atoms. The summed E-state index contributed by atoms with van der Waals surface area (Å²) in [5, 5.41) is 0.686. The molecule has 0 unspecified atom stereocenters. The van der Waals surface area contributed by atoms with Gasteiger partial charge in [-0.1, -0.05) is 41.9 Å². The Morgan fingerprint density at radius 1 is 1.00 bits per heavy atom. The van der Waals surface area contributed by atoms with Crippen molar-refractivity contribution in [1.29, 1.82) is 0 Å². The second-order valence-electron chi connectivity index (χ2n) is 3.45.